The molecule has 1 aromatic carbocycles. The molecule has 6 heteroatoms. The Balaban J connectivity index is 2.49. The normalized spacial score (nSPS) is 20.1. The first-order valence-corrected chi connectivity index (χ1v) is 6.16. The quantitative estimate of drug-likeness (QED) is 0.807. The van der Waals surface area contributed by atoms with Crippen LogP contribution in [0.3, 0.4) is 0 Å². The van der Waals surface area contributed by atoms with Gasteiger partial charge in [0, 0.05) is 4.47 Å². The number of urea groups is 1. The lowest BCUT2D eigenvalue weighted by Gasteiger charge is -2.29. The van der Waals surface area contributed by atoms with Crippen LogP contribution in [0.25, 0.3) is 0 Å². The van der Waals surface area contributed by atoms with Gasteiger partial charge in [0.05, 0.1) is 5.69 Å². The first-order valence-electron chi connectivity index (χ1n) is 5.37. The summed E-state index contributed by atoms with van der Waals surface area (Å²) in [5.41, 5.74) is 1.24. The second-order valence-corrected chi connectivity index (χ2v) is 4.93. The molecule has 0 saturated carbocycles. The number of barbiturate groups is 1. The number of nitrogens with zero attached hydrogens (tertiary/aromatic N) is 1. The van der Waals surface area contributed by atoms with E-state index in [9.17, 15) is 14.4 Å². The number of anilines is 1. The number of carbonyl (C=O) groups is 3. The molecule has 4 amide bonds. The fraction of sp³-hybridized carbons (Fsp3) is 0.250. The summed E-state index contributed by atoms with van der Waals surface area (Å²) in [5, 5.41) is 2.17. The second kappa shape index (κ2) is 4.53. The molecule has 1 aliphatic heterocycles. The lowest BCUT2D eigenvalue weighted by molar-refractivity contribution is -0.133. The van der Waals surface area contributed by atoms with Gasteiger partial charge in [-0.15, -0.1) is 0 Å². The number of hydrogen-bond donors (Lipinski definition) is 1. The van der Waals surface area contributed by atoms with Crippen LogP contribution in [-0.2, 0) is 9.59 Å². The monoisotopic (exact) mass is 310 g/mol. The van der Waals surface area contributed by atoms with Crippen LogP contribution in [0.5, 0.6) is 0 Å². The van der Waals surface area contributed by atoms with E-state index >= 15 is 0 Å². The standard InChI is InChI=1S/C12H11BrN2O3/c1-6-8(13)4-3-5-9(6)15-11(17)7(2)10(16)14-12(15)18/h3-5,7H,1-2H3,(H,14,16,18). The number of rotatable bonds is 1. The summed E-state index contributed by atoms with van der Waals surface area (Å²) in [5.74, 6) is -1.93. The SMILES string of the molecule is Cc1c(Br)cccc1N1C(=O)NC(=O)C(C)C1=O. The molecule has 0 bridgehead atoms. The van der Waals surface area contributed by atoms with Crippen molar-refractivity contribution in [1.29, 1.82) is 0 Å². The summed E-state index contributed by atoms with van der Waals surface area (Å²) >= 11 is 3.34. The van der Waals surface area contributed by atoms with E-state index in [2.05, 4.69) is 21.2 Å². The van der Waals surface area contributed by atoms with Crippen LogP contribution in [0.15, 0.2) is 22.7 Å². The van der Waals surface area contributed by atoms with Gasteiger partial charge in [0.15, 0.2) is 0 Å². The van der Waals surface area contributed by atoms with E-state index in [1.165, 1.54) is 6.92 Å². The molecule has 2 rings (SSSR count). The van der Waals surface area contributed by atoms with Crippen molar-refractivity contribution < 1.29 is 14.4 Å². The third-order valence-electron chi connectivity index (χ3n) is 2.90. The minimum atomic E-state index is -0.860. The molecule has 1 unspecified atom stereocenters. The molecular formula is C12H11BrN2O3. The molecule has 1 atom stereocenters. The predicted molar refractivity (Wildman–Crippen MR) is 69.1 cm³/mol. The Hall–Kier alpha value is -1.69. The van der Waals surface area contributed by atoms with E-state index in [1.807, 2.05) is 6.07 Å². The Morgan fingerprint density at radius 3 is 2.61 bits per heavy atom. The van der Waals surface area contributed by atoms with Gasteiger partial charge in [-0.3, -0.25) is 14.9 Å². The Morgan fingerprint density at radius 1 is 1.28 bits per heavy atom. The Bertz CT molecular complexity index is 556. The molecule has 0 spiro atoms. The van der Waals surface area contributed by atoms with Crippen LogP contribution in [0.2, 0.25) is 0 Å². The van der Waals surface area contributed by atoms with Crippen LogP contribution in [-0.4, -0.2) is 17.8 Å². The summed E-state index contributed by atoms with van der Waals surface area (Å²) in [6, 6.07) is 4.51. The van der Waals surface area contributed by atoms with Gasteiger partial charge in [-0.05, 0) is 31.5 Å². The van der Waals surface area contributed by atoms with Crippen molar-refractivity contribution in [1.82, 2.24) is 5.32 Å². The topological polar surface area (TPSA) is 66.5 Å². The average molecular weight is 311 g/mol. The Morgan fingerprint density at radius 2 is 1.94 bits per heavy atom. The fourth-order valence-corrected chi connectivity index (χ4v) is 2.10. The van der Waals surface area contributed by atoms with E-state index in [4.69, 9.17) is 0 Å². The number of nitrogens with one attached hydrogen (secondary N) is 1. The largest absolute Gasteiger partial charge is 0.335 e. The summed E-state index contributed by atoms with van der Waals surface area (Å²) in [6.45, 7) is 3.27. The Labute approximate surface area is 112 Å². The highest BCUT2D eigenvalue weighted by molar-refractivity contribution is 9.10. The summed E-state index contributed by atoms with van der Waals surface area (Å²) < 4.78 is 0.796. The van der Waals surface area contributed by atoms with Gasteiger partial charge in [0.2, 0.25) is 11.8 Å². The van der Waals surface area contributed by atoms with Crippen LogP contribution >= 0.6 is 15.9 Å². The minimum absolute atomic E-state index is 0.478. The summed E-state index contributed by atoms with van der Waals surface area (Å²) in [4.78, 5) is 36.2. The van der Waals surface area contributed by atoms with Gasteiger partial charge in [-0.25, -0.2) is 9.69 Å². The van der Waals surface area contributed by atoms with Gasteiger partial charge < -0.3 is 0 Å². The van der Waals surface area contributed by atoms with Gasteiger partial charge >= 0.3 is 6.03 Å². The predicted octanol–water partition coefficient (Wildman–Crippen LogP) is 1.98. The van der Waals surface area contributed by atoms with Crippen molar-refractivity contribution in [2.24, 2.45) is 5.92 Å². The van der Waals surface area contributed by atoms with Gasteiger partial charge in [-0.1, -0.05) is 22.0 Å². The lowest BCUT2D eigenvalue weighted by atomic mass is 10.1. The van der Waals surface area contributed by atoms with E-state index in [0.717, 1.165) is 14.9 Å². The highest BCUT2D eigenvalue weighted by Gasteiger charge is 2.38. The van der Waals surface area contributed by atoms with Crippen molar-refractivity contribution in [2.75, 3.05) is 4.90 Å². The molecule has 1 saturated heterocycles. The zero-order valence-corrected chi connectivity index (χ0v) is 11.4. The van der Waals surface area contributed by atoms with E-state index < -0.39 is 23.8 Å². The zero-order valence-electron chi connectivity index (χ0n) is 9.86. The molecule has 0 radical (unpaired) electrons. The van der Waals surface area contributed by atoms with Crippen molar-refractivity contribution in [2.45, 2.75) is 13.8 Å². The molecular weight excluding hydrogens is 300 g/mol. The number of hydrogen-bond acceptors (Lipinski definition) is 3. The first kappa shape index (κ1) is 12.8. The molecule has 0 aliphatic carbocycles. The van der Waals surface area contributed by atoms with Gasteiger partial charge in [0.25, 0.3) is 0 Å². The molecule has 0 aromatic heterocycles. The van der Waals surface area contributed by atoms with Crippen LogP contribution in [0, 0.1) is 12.8 Å². The number of benzene rings is 1. The van der Waals surface area contributed by atoms with E-state index in [0.29, 0.717) is 5.69 Å². The van der Waals surface area contributed by atoms with Gasteiger partial charge in [-0.2, -0.15) is 0 Å². The van der Waals surface area contributed by atoms with E-state index in [1.54, 1.807) is 19.1 Å². The minimum Gasteiger partial charge on any atom is -0.277 e. The third-order valence-corrected chi connectivity index (χ3v) is 3.76. The molecule has 1 N–H and O–H groups in total. The van der Waals surface area contributed by atoms with Crippen molar-refractivity contribution in [3.8, 4) is 0 Å². The van der Waals surface area contributed by atoms with Crippen molar-refractivity contribution >= 4 is 39.5 Å². The van der Waals surface area contributed by atoms with Crippen LogP contribution in [0.1, 0.15) is 12.5 Å². The number of carbonyl (C=O) groups excluding carboxylic acids is 3. The second-order valence-electron chi connectivity index (χ2n) is 4.07. The zero-order chi connectivity index (χ0) is 13.4. The maximum atomic E-state index is 12.0. The fourth-order valence-electron chi connectivity index (χ4n) is 1.74. The average Bonchev–Trinajstić information content (AvgIpc) is 2.32. The molecule has 94 valence electrons. The lowest BCUT2D eigenvalue weighted by Crippen LogP contribution is -2.57. The molecule has 5 nitrogen and oxygen atoms in total. The number of imide groups is 2. The van der Waals surface area contributed by atoms with Crippen LogP contribution in [0.4, 0.5) is 10.5 Å². The highest BCUT2D eigenvalue weighted by atomic mass is 79.9. The number of halogens is 1. The van der Waals surface area contributed by atoms with Crippen molar-refractivity contribution in [3.63, 3.8) is 0 Å². The molecule has 1 heterocycles. The summed E-state index contributed by atoms with van der Waals surface area (Å²) in [7, 11) is 0. The van der Waals surface area contributed by atoms with Crippen LogP contribution < -0.4 is 10.2 Å². The summed E-state index contributed by atoms with van der Waals surface area (Å²) in [6.07, 6.45) is 0. The molecule has 1 fully saturated rings. The highest BCUT2D eigenvalue weighted by Crippen LogP contribution is 2.29. The first-order chi connectivity index (χ1) is 8.43. The van der Waals surface area contributed by atoms with Crippen molar-refractivity contribution in [3.05, 3.63) is 28.2 Å². The smallest absolute Gasteiger partial charge is 0.277 e. The van der Waals surface area contributed by atoms with E-state index in [-0.39, 0.29) is 0 Å². The maximum absolute atomic E-state index is 12.0. The number of amides is 4. The third kappa shape index (κ3) is 1.92. The molecule has 18 heavy (non-hydrogen) atoms. The van der Waals surface area contributed by atoms with Gasteiger partial charge in [0.1, 0.15) is 5.92 Å². The maximum Gasteiger partial charge on any atom is 0.335 e. The molecule has 1 aliphatic rings. The molecule has 1 aromatic rings. The Kier molecular flexibility index (Phi) is 3.21.